The fraction of sp³-hybridized carbons (Fsp3) is 0.562. The molecule has 1 atom stereocenters. The fourth-order valence-electron chi connectivity index (χ4n) is 2.77. The molecule has 1 aliphatic rings. The molecule has 0 aromatic heterocycles. The Balaban J connectivity index is 1.91. The van der Waals surface area contributed by atoms with Crippen LogP contribution < -0.4 is 10.6 Å². The second-order valence-corrected chi connectivity index (χ2v) is 5.73. The van der Waals surface area contributed by atoms with Gasteiger partial charge in [0.15, 0.2) is 0 Å². The maximum Gasteiger partial charge on any atom is 0.242 e. The van der Waals surface area contributed by atoms with E-state index in [0.717, 1.165) is 18.5 Å². The zero-order valence-corrected chi connectivity index (χ0v) is 12.1. The van der Waals surface area contributed by atoms with Crippen molar-refractivity contribution < 1.29 is 4.79 Å². The second kappa shape index (κ2) is 6.09. The van der Waals surface area contributed by atoms with Crippen molar-refractivity contribution in [1.82, 2.24) is 5.32 Å². The van der Waals surface area contributed by atoms with Crippen molar-refractivity contribution in [2.45, 2.75) is 58.5 Å². The summed E-state index contributed by atoms with van der Waals surface area (Å²) in [6.07, 6.45) is 4.73. The van der Waals surface area contributed by atoms with Crippen molar-refractivity contribution >= 4 is 11.6 Å². The van der Waals surface area contributed by atoms with Crippen molar-refractivity contribution in [1.29, 1.82) is 0 Å². The molecule has 2 N–H and O–H groups in total. The van der Waals surface area contributed by atoms with Crippen molar-refractivity contribution in [2.24, 2.45) is 0 Å². The van der Waals surface area contributed by atoms with Crippen LogP contribution in [-0.4, -0.2) is 18.0 Å². The van der Waals surface area contributed by atoms with E-state index in [4.69, 9.17) is 0 Å². The average molecular weight is 260 g/mol. The monoisotopic (exact) mass is 260 g/mol. The van der Waals surface area contributed by atoms with Crippen LogP contribution in [0.4, 0.5) is 5.69 Å². The number of aryl methyl sites for hydroxylation is 2. The number of nitrogens with one attached hydrogen (secondary N) is 2. The molecule has 0 heterocycles. The number of amides is 1. The summed E-state index contributed by atoms with van der Waals surface area (Å²) < 4.78 is 0. The molecule has 1 aromatic carbocycles. The van der Waals surface area contributed by atoms with Gasteiger partial charge in [-0.2, -0.15) is 0 Å². The summed E-state index contributed by atoms with van der Waals surface area (Å²) in [5.41, 5.74) is 3.45. The number of hydrogen-bond donors (Lipinski definition) is 2. The molecule has 0 spiro atoms. The lowest BCUT2D eigenvalue weighted by Gasteiger charge is -2.19. The first-order valence-electron chi connectivity index (χ1n) is 7.20. The third-order valence-electron chi connectivity index (χ3n) is 3.70. The van der Waals surface area contributed by atoms with Gasteiger partial charge >= 0.3 is 0 Å². The molecule has 1 fully saturated rings. The van der Waals surface area contributed by atoms with E-state index < -0.39 is 0 Å². The molecule has 1 unspecified atom stereocenters. The van der Waals surface area contributed by atoms with Gasteiger partial charge in [0.05, 0.1) is 0 Å². The maximum atomic E-state index is 12.1. The number of hydrogen-bond acceptors (Lipinski definition) is 2. The van der Waals surface area contributed by atoms with Crippen molar-refractivity contribution in [3.63, 3.8) is 0 Å². The smallest absolute Gasteiger partial charge is 0.242 e. The molecule has 1 aromatic rings. The third kappa shape index (κ3) is 3.98. The van der Waals surface area contributed by atoms with Gasteiger partial charge in [0.2, 0.25) is 5.91 Å². The molecule has 1 aliphatic carbocycles. The molecule has 0 radical (unpaired) electrons. The Bertz CT molecular complexity index is 430. The highest BCUT2D eigenvalue weighted by Gasteiger charge is 2.20. The normalized spacial score (nSPS) is 17.2. The van der Waals surface area contributed by atoms with Crippen molar-refractivity contribution in [3.8, 4) is 0 Å². The highest BCUT2D eigenvalue weighted by molar-refractivity contribution is 5.84. The topological polar surface area (TPSA) is 41.1 Å². The Morgan fingerprint density at radius 1 is 1.16 bits per heavy atom. The second-order valence-electron chi connectivity index (χ2n) is 5.73. The number of carbonyl (C=O) groups excluding carboxylic acids is 1. The van der Waals surface area contributed by atoms with E-state index in [2.05, 4.69) is 42.7 Å². The van der Waals surface area contributed by atoms with Gasteiger partial charge in [-0.3, -0.25) is 4.79 Å². The standard InChI is InChI=1S/C16H24N2O/c1-11-8-12(2)10-15(9-11)17-13(3)16(19)18-14-6-4-5-7-14/h8-10,13-14,17H,4-7H2,1-3H3,(H,18,19). The Hall–Kier alpha value is -1.51. The van der Waals surface area contributed by atoms with Gasteiger partial charge in [-0.1, -0.05) is 18.9 Å². The summed E-state index contributed by atoms with van der Waals surface area (Å²) in [6.45, 7) is 6.06. The summed E-state index contributed by atoms with van der Waals surface area (Å²) in [4.78, 5) is 12.1. The zero-order chi connectivity index (χ0) is 13.8. The molecule has 104 valence electrons. The summed E-state index contributed by atoms with van der Waals surface area (Å²) in [6, 6.07) is 6.48. The fourth-order valence-corrected chi connectivity index (χ4v) is 2.77. The van der Waals surface area contributed by atoms with Gasteiger partial charge in [-0.15, -0.1) is 0 Å². The third-order valence-corrected chi connectivity index (χ3v) is 3.70. The number of rotatable bonds is 4. The number of benzene rings is 1. The Morgan fingerprint density at radius 3 is 2.32 bits per heavy atom. The van der Waals surface area contributed by atoms with Crippen LogP contribution in [0, 0.1) is 13.8 Å². The van der Waals surface area contributed by atoms with Gasteiger partial charge in [0.25, 0.3) is 0 Å². The zero-order valence-electron chi connectivity index (χ0n) is 12.1. The predicted molar refractivity (Wildman–Crippen MR) is 79.4 cm³/mol. The van der Waals surface area contributed by atoms with Gasteiger partial charge in [0.1, 0.15) is 6.04 Å². The molecular weight excluding hydrogens is 236 g/mol. The lowest BCUT2D eigenvalue weighted by atomic mass is 10.1. The summed E-state index contributed by atoms with van der Waals surface area (Å²) in [5, 5.41) is 6.41. The van der Waals surface area contributed by atoms with Crippen LogP contribution in [0.5, 0.6) is 0 Å². The van der Waals surface area contributed by atoms with Gasteiger partial charge < -0.3 is 10.6 Å². The van der Waals surface area contributed by atoms with E-state index in [9.17, 15) is 4.79 Å². The van der Waals surface area contributed by atoms with Crippen LogP contribution in [0.3, 0.4) is 0 Å². The lowest BCUT2D eigenvalue weighted by Crippen LogP contribution is -2.42. The van der Waals surface area contributed by atoms with E-state index in [-0.39, 0.29) is 11.9 Å². The first-order chi connectivity index (χ1) is 9.04. The molecule has 19 heavy (non-hydrogen) atoms. The Labute approximate surface area is 115 Å². The molecule has 0 bridgehead atoms. The minimum atomic E-state index is -0.193. The maximum absolute atomic E-state index is 12.1. The molecule has 0 saturated heterocycles. The highest BCUT2D eigenvalue weighted by atomic mass is 16.2. The highest BCUT2D eigenvalue weighted by Crippen LogP contribution is 2.18. The van der Waals surface area contributed by atoms with Crippen LogP contribution in [0.25, 0.3) is 0 Å². The quantitative estimate of drug-likeness (QED) is 0.873. The largest absolute Gasteiger partial charge is 0.374 e. The van der Waals surface area contributed by atoms with Crippen molar-refractivity contribution in [2.75, 3.05) is 5.32 Å². The summed E-state index contributed by atoms with van der Waals surface area (Å²) in [5.74, 6) is 0.103. The number of carbonyl (C=O) groups is 1. The van der Waals surface area contributed by atoms with E-state index in [1.165, 1.54) is 24.0 Å². The van der Waals surface area contributed by atoms with Crippen LogP contribution in [0.1, 0.15) is 43.7 Å². The number of anilines is 1. The SMILES string of the molecule is Cc1cc(C)cc(NC(C)C(=O)NC2CCCC2)c1. The van der Waals surface area contributed by atoms with E-state index >= 15 is 0 Å². The first kappa shape index (κ1) is 13.9. The Kier molecular flexibility index (Phi) is 4.46. The van der Waals surface area contributed by atoms with Crippen LogP contribution in [0.15, 0.2) is 18.2 Å². The lowest BCUT2D eigenvalue weighted by molar-refractivity contribution is -0.122. The molecule has 0 aliphatic heterocycles. The van der Waals surface area contributed by atoms with Crippen molar-refractivity contribution in [3.05, 3.63) is 29.3 Å². The molecule has 3 nitrogen and oxygen atoms in total. The first-order valence-corrected chi connectivity index (χ1v) is 7.20. The van der Waals surface area contributed by atoms with E-state index in [0.29, 0.717) is 6.04 Å². The minimum Gasteiger partial charge on any atom is -0.374 e. The average Bonchev–Trinajstić information content (AvgIpc) is 2.80. The minimum absolute atomic E-state index is 0.103. The van der Waals surface area contributed by atoms with Gasteiger partial charge in [-0.05, 0) is 56.9 Å². The Morgan fingerprint density at radius 2 is 1.74 bits per heavy atom. The van der Waals surface area contributed by atoms with Crippen LogP contribution in [0.2, 0.25) is 0 Å². The summed E-state index contributed by atoms with van der Waals surface area (Å²) >= 11 is 0. The van der Waals surface area contributed by atoms with Crippen LogP contribution >= 0.6 is 0 Å². The van der Waals surface area contributed by atoms with Gasteiger partial charge in [-0.25, -0.2) is 0 Å². The molecule has 2 rings (SSSR count). The predicted octanol–water partition coefficient (Wildman–Crippen LogP) is 3.16. The van der Waals surface area contributed by atoms with E-state index in [1.54, 1.807) is 0 Å². The molecular formula is C16H24N2O. The van der Waals surface area contributed by atoms with Crippen LogP contribution in [-0.2, 0) is 4.79 Å². The molecule has 3 heteroatoms. The van der Waals surface area contributed by atoms with Gasteiger partial charge in [0, 0.05) is 11.7 Å². The summed E-state index contributed by atoms with van der Waals surface area (Å²) in [7, 11) is 0. The molecule has 1 saturated carbocycles. The molecule has 1 amide bonds. The van der Waals surface area contributed by atoms with E-state index in [1.807, 2.05) is 6.92 Å².